The molecule has 0 radical (unpaired) electrons. The number of allylic oxidation sites excluding steroid dienone is 2. The Morgan fingerprint density at radius 1 is 0.542 bits per heavy atom. The molecule has 0 bridgehead atoms. The van der Waals surface area contributed by atoms with Gasteiger partial charge in [-0.2, -0.15) is 0 Å². The van der Waals surface area contributed by atoms with Gasteiger partial charge in [-0.05, 0) is 41.5 Å². The summed E-state index contributed by atoms with van der Waals surface area (Å²) in [5.41, 5.74) is 9.21. The van der Waals surface area contributed by atoms with Gasteiger partial charge in [-0.15, -0.1) is 0 Å². The molecule has 0 amide bonds. The first kappa shape index (κ1) is 26.7. The lowest BCUT2D eigenvalue weighted by atomic mass is 9.94. The van der Waals surface area contributed by atoms with Gasteiger partial charge in [0.25, 0.3) is 0 Å². The maximum Gasteiger partial charge on any atom is 0.164 e. The van der Waals surface area contributed by atoms with Gasteiger partial charge in [0.15, 0.2) is 23.2 Å². The number of para-hydroxylation sites is 1. The van der Waals surface area contributed by atoms with Crippen molar-refractivity contribution < 1.29 is 8.83 Å². The van der Waals surface area contributed by atoms with Crippen molar-refractivity contribution in [3.05, 3.63) is 151 Å². The third kappa shape index (κ3) is 4.16. The minimum atomic E-state index is 0.0392. The quantitative estimate of drug-likeness (QED) is 0.211. The molecule has 2 aliphatic rings. The average molecular weight is 619 g/mol. The highest BCUT2D eigenvalue weighted by molar-refractivity contribution is 6.13. The molecule has 5 aromatic carbocycles. The summed E-state index contributed by atoms with van der Waals surface area (Å²) in [6, 6.07) is 38.8. The summed E-state index contributed by atoms with van der Waals surface area (Å²) in [5, 5.41) is 6.70. The molecule has 1 N–H and O–H groups in total. The molecule has 6 nitrogen and oxygen atoms in total. The average Bonchev–Trinajstić information content (AvgIpc) is 3.72. The summed E-state index contributed by atoms with van der Waals surface area (Å²) in [5.74, 6) is 2.51. The lowest BCUT2D eigenvalue weighted by molar-refractivity contribution is 0.603. The lowest BCUT2D eigenvalue weighted by Crippen LogP contribution is -2.22. The molecule has 0 spiro atoms. The van der Waals surface area contributed by atoms with Gasteiger partial charge in [0.1, 0.15) is 16.7 Å². The number of anilines is 1. The van der Waals surface area contributed by atoms with Gasteiger partial charge >= 0.3 is 0 Å². The number of rotatable bonds is 4. The molecule has 0 saturated heterocycles. The van der Waals surface area contributed by atoms with Crippen LogP contribution in [0.25, 0.3) is 84.3 Å². The van der Waals surface area contributed by atoms with E-state index in [9.17, 15) is 0 Å². The molecule has 10 rings (SSSR count). The second-order valence-corrected chi connectivity index (χ2v) is 12.0. The molecule has 0 saturated carbocycles. The minimum Gasteiger partial charge on any atom is -0.456 e. The zero-order valence-electron chi connectivity index (χ0n) is 25.6. The summed E-state index contributed by atoms with van der Waals surface area (Å²) in [4.78, 5) is 15.4. The lowest BCUT2D eigenvalue weighted by Gasteiger charge is -2.23. The Kier molecular flexibility index (Phi) is 5.84. The van der Waals surface area contributed by atoms with E-state index in [4.69, 9.17) is 23.8 Å². The van der Waals surface area contributed by atoms with Crippen molar-refractivity contribution in [3.8, 4) is 45.3 Å². The fourth-order valence-corrected chi connectivity index (χ4v) is 6.92. The molecule has 6 heteroatoms. The monoisotopic (exact) mass is 618 g/mol. The number of aromatic nitrogens is 3. The van der Waals surface area contributed by atoms with Gasteiger partial charge in [0.05, 0.1) is 17.1 Å². The van der Waals surface area contributed by atoms with Gasteiger partial charge in [-0.1, -0.05) is 115 Å². The standard InChI is InChI=1S/C42H26N4O2/c1-3-12-25(13-4-1)28-22-23-31(37-38-35(48-39(28)37)24-27-16-7-9-19-32(27)43-38)42-45-40(26-14-5-2-6-15-26)44-41(46-42)30-18-11-21-34-36(30)29-17-8-10-20-33(29)47-34/h1-24,32,43H. The molecule has 0 fully saturated rings. The van der Waals surface area contributed by atoms with Crippen LogP contribution in [0.1, 0.15) is 5.76 Å². The number of nitrogens with zero attached hydrogens (tertiary/aromatic N) is 3. The van der Waals surface area contributed by atoms with Crippen molar-refractivity contribution in [1.29, 1.82) is 0 Å². The van der Waals surface area contributed by atoms with Crippen LogP contribution in [0, 0.1) is 0 Å². The Morgan fingerprint density at radius 2 is 1.23 bits per heavy atom. The highest BCUT2D eigenvalue weighted by atomic mass is 16.3. The molecular formula is C42H26N4O2. The molecule has 226 valence electrons. The van der Waals surface area contributed by atoms with E-state index in [1.807, 2.05) is 78.9 Å². The van der Waals surface area contributed by atoms with Crippen LogP contribution in [0.4, 0.5) is 5.69 Å². The number of nitrogens with one attached hydrogen (secondary N) is 1. The zero-order valence-corrected chi connectivity index (χ0v) is 25.6. The summed E-state index contributed by atoms with van der Waals surface area (Å²) < 4.78 is 13.0. The first-order valence-electron chi connectivity index (χ1n) is 16.0. The Hall–Kier alpha value is -6.53. The van der Waals surface area contributed by atoms with Crippen LogP contribution in [0.5, 0.6) is 0 Å². The molecule has 1 atom stereocenters. The van der Waals surface area contributed by atoms with E-state index in [0.29, 0.717) is 17.5 Å². The van der Waals surface area contributed by atoms with Crippen molar-refractivity contribution in [2.75, 3.05) is 5.32 Å². The van der Waals surface area contributed by atoms with Crippen molar-refractivity contribution >= 4 is 44.7 Å². The first-order valence-corrected chi connectivity index (χ1v) is 16.0. The van der Waals surface area contributed by atoms with Crippen molar-refractivity contribution in [3.63, 3.8) is 0 Å². The summed E-state index contributed by atoms with van der Waals surface area (Å²) >= 11 is 0. The van der Waals surface area contributed by atoms with Gasteiger partial charge < -0.3 is 14.2 Å². The number of fused-ring (bicyclic) bond motifs is 7. The molecule has 1 unspecified atom stereocenters. The van der Waals surface area contributed by atoms with E-state index in [1.165, 1.54) is 0 Å². The summed E-state index contributed by atoms with van der Waals surface area (Å²) in [6.07, 6.45) is 10.5. The van der Waals surface area contributed by atoms with Crippen LogP contribution in [0.3, 0.4) is 0 Å². The molecule has 1 aliphatic heterocycles. The predicted octanol–water partition coefficient (Wildman–Crippen LogP) is 10.5. The summed E-state index contributed by atoms with van der Waals surface area (Å²) in [7, 11) is 0. The van der Waals surface area contributed by atoms with Crippen LogP contribution in [0.15, 0.2) is 154 Å². The molecule has 48 heavy (non-hydrogen) atoms. The third-order valence-electron chi connectivity index (χ3n) is 9.16. The van der Waals surface area contributed by atoms with E-state index >= 15 is 0 Å². The van der Waals surface area contributed by atoms with Crippen LogP contribution >= 0.6 is 0 Å². The minimum absolute atomic E-state index is 0.0392. The van der Waals surface area contributed by atoms with E-state index in [0.717, 1.165) is 77.7 Å². The molecule has 4 heterocycles. The van der Waals surface area contributed by atoms with E-state index in [1.54, 1.807) is 0 Å². The maximum atomic E-state index is 6.73. The van der Waals surface area contributed by atoms with Gasteiger partial charge in [0.2, 0.25) is 0 Å². The number of hydrogen-bond acceptors (Lipinski definition) is 6. The Morgan fingerprint density at radius 3 is 2.06 bits per heavy atom. The predicted molar refractivity (Wildman–Crippen MR) is 192 cm³/mol. The molecule has 1 aliphatic carbocycles. The summed E-state index contributed by atoms with van der Waals surface area (Å²) in [6.45, 7) is 0. The van der Waals surface area contributed by atoms with Crippen molar-refractivity contribution in [1.82, 2.24) is 15.0 Å². The Bertz CT molecular complexity index is 2650. The number of benzene rings is 5. The maximum absolute atomic E-state index is 6.73. The fraction of sp³-hybridized carbons (Fsp3) is 0.0238. The normalized spacial score (nSPS) is 15.0. The van der Waals surface area contributed by atoms with Crippen LogP contribution in [0.2, 0.25) is 0 Å². The van der Waals surface area contributed by atoms with Gasteiger partial charge in [-0.3, -0.25) is 0 Å². The van der Waals surface area contributed by atoms with E-state index in [2.05, 4.69) is 72.1 Å². The molecule has 3 aromatic heterocycles. The van der Waals surface area contributed by atoms with E-state index in [-0.39, 0.29) is 6.04 Å². The van der Waals surface area contributed by atoms with Crippen LogP contribution in [-0.2, 0) is 0 Å². The second kappa shape index (κ2) is 10.5. The number of hydrogen-bond donors (Lipinski definition) is 1. The van der Waals surface area contributed by atoms with Crippen molar-refractivity contribution in [2.24, 2.45) is 0 Å². The first-order chi connectivity index (χ1) is 23.8. The fourth-order valence-electron chi connectivity index (χ4n) is 6.92. The Labute approximate surface area is 275 Å². The van der Waals surface area contributed by atoms with Crippen LogP contribution in [-0.4, -0.2) is 21.0 Å². The Balaban J connectivity index is 1.27. The molecule has 8 aromatic rings. The zero-order chi connectivity index (χ0) is 31.6. The third-order valence-corrected chi connectivity index (χ3v) is 9.16. The second-order valence-electron chi connectivity index (χ2n) is 12.0. The number of furan rings is 2. The van der Waals surface area contributed by atoms with Gasteiger partial charge in [0, 0.05) is 33.0 Å². The SMILES string of the molecule is C1=CC2=Cc3oc4c(-c5ccccc5)ccc(-c5nc(-c6ccccc6)nc(-c6cccc7oc8ccccc8c67)n5)c4c3NC2C=C1. The van der Waals surface area contributed by atoms with Crippen molar-refractivity contribution in [2.45, 2.75) is 6.04 Å². The highest BCUT2D eigenvalue weighted by Gasteiger charge is 2.28. The smallest absolute Gasteiger partial charge is 0.164 e. The van der Waals surface area contributed by atoms with Gasteiger partial charge in [-0.25, -0.2) is 15.0 Å². The largest absolute Gasteiger partial charge is 0.456 e. The van der Waals surface area contributed by atoms with E-state index < -0.39 is 0 Å². The molecular weight excluding hydrogens is 592 g/mol. The highest BCUT2D eigenvalue weighted by Crippen LogP contribution is 2.46. The van der Waals surface area contributed by atoms with Crippen LogP contribution < -0.4 is 5.32 Å². The topological polar surface area (TPSA) is 77.0 Å².